The van der Waals surface area contributed by atoms with Gasteiger partial charge in [-0.3, -0.25) is 0 Å². The van der Waals surface area contributed by atoms with Gasteiger partial charge in [-0.25, -0.2) is 18.0 Å². The number of carbonyl (C=O) groups is 1. The Bertz CT molecular complexity index is 1350. The number of halogens is 1. The lowest BCUT2D eigenvalue weighted by atomic mass is 10.1. The number of benzene rings is 2. The van der Waals surface area contributed by atoms with Gasteiger partial charge in [0.2, 0.25) is 10.0 Å². The van der Waals surface area contributed by atoms with Crippen LogP contribution in [0.5, 0.6) is 5.75 Å². The number of hydrogen-bond donors (Lipinski definition) is 1. The van der Waals surface area contributed by atoms with Gasteiger partial charge in [0.1, 0.15) is 11.6 Å². The summed E-state index contributed by atoms with van der Waals surface area (Å²) in [5, 5.41) is 0.766. The predicted octanol–water partition coefficient (Wildman–Crippen LogP) is 4.81. The zero-order chi connectivity index (χ0) is 24.3. The molecule has 9 heteroatoms. The quantitative estimate of drug-likeness (QED) is 0.275. The van der Waals surface area contributed by atoms with Crippen LogP contribution in [0.2, 0.25) is 5.02 Å². The van der Waals surface area contributed by atoms with Gasteiger partial charge in [-0.2, -0.15) is 4.72 Å². The summed E-state index contributed by atoms with van der Waals surface area (Å²) >= 11 is 6.33. The molecule has 0 amide bonds. The van der Waals surface area contributed by atoms with Crippen LogP contribution in [0.3, 0.4) is 0 Å². The number of carbonyl (C=O) groups excluding carboxylic acids is 1. The van der Waals surface area contributed by atoms with Crippen molar-refractivity contribution in [1.29, 1.82) is 0 Å². The van der Waals surface area contributed by atoms with Gasteiger partial charge in [-0.05, 0) is 51.0 Å². The lowest BCUT2D eigenvalue weighted by molar-refractivity contribution is -0.136. The van der Waals surface area contributed by atoms with Gasteiger partial charge in [-0.1, -0.05) is 49.1 Å². The molecular formula is C24H26ClNO6S. The van der Waals surface area contributed by atoms with Crippen molar-refractivity contribution in [3.05, 3.63) is 68.5 Å². The summed E-state index contributed by atoms with van der Waals surface area (Å²) in [6.07, 6.45) is 1.62. The van der Waals surface area contributed by atoms with E-state index in [0.717, 1.165) is 12.0 Å². The number of unbranched alkanes of at least 4 members (excludes halogenated alkanes) is 1. The number of fused-ring (bicyclic) bond motifs is 1. The normalized spacial score (nSPS) is 12.6. The van der Waals surface area contributed by atoms with Crippen LogP contribution in [-0.2, 0) is 14.8 Å². The Balaban J connectivity index is 1.90. The number of ether oxygens (including phenoxy) is 1. The first kappa shape index (κ1) is 25.0. The van der Waals surface area contributed by atoms with Crippen molar-refractivity contribution >= 4 is 38.6 Å². The number of nitrogens with one attached hydrogen (secondary N) is 1. The minimum absolute atomic E-state index is 0.0170. The average molecular weight is 492 g/mol. The first-order valence-corrected chi connectivity index (χ1v) is 12.4. The van der Waals surface area contributed by atoms with E-state index in [0.29, 0.717) is 22.9 Å². The van der Waals surface area contributed by atoms with Gasteiger partial charge < -0.3 is 9.15 Å². The van der Waals surface area contributed by atoms with Crippen LogP contribution < -0.4 is 15.1 Å². The lowest BCUT2D eigenvalue weighted by Gasteiger charge is -2.18. The molecule has 1 heterocycles. The second kappa shape index (κ2) is 10.1. The molecule has 0 aliphatic rings. The number of rotatable bonds is 8. The third-order valence-electron chi connectivity index (χ3n) is 5.48. The fourth-order valence-corrected chi connectivity index (χ4v) is 4.73. The second-order valence-electron chi connectivity index (χ2n) is 7.97. The Labute approximate surface area is 197 Å². The number of aryl methyl sites for hydroxylation is 2. The summed E-state index contributed by atoms with van der Waals surface area (Å²) in [7, 11) is -3.95. The van der Waals surface area contributed by atoms with Gasteiger partial charge in [-0.15, -0.1) is 0 Å². The van der Waals surface area contributed by atoms with E-state index in [1.165, 1.54) is 18.2 Å². The molecule has 0 bridgehead atoms. The van der Waals surface area contributed by atoms with Gasteiger partial charge in [0.05, 0.1) is 9.92 Å². The summed E-state index contributed by atoms with van der Waals surface area (Å²) in [6.45, 7) is 7.21. The number of hydrogen-bond acceptors (Lipinski definition) is 6. The zero-order valence-corrected chi connectivity index (χ0v) is 20.5. The minimum atomic E-state index is -3.95. The largest absolute Gasteiger partial charge is 0.424 e. The highest BCUT2D eigenvalue weighted by Crippen LogP contribution is 2.32. The van der Waals surface area contributed by atoms with Crippen molar-refractivity contribution in [2.75, 3.05) is 0 Å². The Morgan fingerprint density at radius 1 is 1.12 bits per heavy atom. The van der Waals surface area contributed by atoms with Crippen LogP contribution in [0.15, 0.2) is 50.5 Å². The number of sulfonamides is 1. The van der Waals surface area contributed by atoms with E-state index in [4.69, 9.17) is 20.8 Å². The van der Waals surface area contributed by atoms with E-state index in [-0.39, 0.29) is 27.7 Å². The Morgan fingerprint density at radius 2 is 1.79 bits per heavy atom. The molecule has 3 aromatic rings. The monoisotopic (exact) mass is 491 g/mol. The molecular weight excluding hydrogens is 466 g/mol. The standard InChI is InChI=1S/C24H26ClNO6S/c1-5-6-7-20(26-33(29,30)17-10-8-14(2)9-11-17)24(28)32-22-13-21-18(12-19(22)25)15(3)16(4)23(27)31-21/h8-13,20,26H,5-7H2,1-4H3/t20-/m0/s1. The lowest BCUT2D eigenvalue weighted by Crippen LogP contribution is -2.43. The minimum Gasteiger partial charge on any atom is -0.424 e. The maximum atomic E-state index is 13.0. The highest BCUT2D eigenvalue weighted by Gasteiger charge is 2.28. The van der Waals surface area contributed by atoms with Gasteiger partial charge >= 0.3 is 11.6 Å². The van der Waals surface area contributed by atoms with E-state index in [1.807, 2.05) is 13.8 Å². The fourth-order valence-electron chi connectivity index (χ4n) is 3.31. The molecule has 0 radical (unpaired) electrons. The van der Waals surface area contributed by atoms with Gasteiger partial charge in [0.15, 0.2) is 5.75 Å². The molecule has 1 aromatic heterocycles. The van der Waals surface area contributed by atoms with Crippen LogP contribution in [0, 0.1) is 20.8 Å². The summed E-state index contributed by atoms with van der Waals surface area (Å²) < 4.78 is 38.9. The predicted molar refractivity (Wildman–Crippen MR) is 127 cm³/mol. The molecule has 0 saturated carbocycles. The van der Waals surface area contributed by atoms with Crippen molar-refractivity contribution in [1.82, 2.24) is 4.72 Å². The van der Waals surface area contributed by atoms with E-state index >= 15 is 0 Å². The van der Waals surface area contributed by atoms with Crippen LogP contribution >= 0.6 is 11.6 Å². The Morgan fingerprint density at radius 3 is 2.42 bits per heavy atom. The van der Waals surface area contributed by atoms with Crippen LogP contribution in [-0.4, -0.2) is 20.4 Å². The molecule has 1 atom stereocenters. The summed E-state index contributed by atoms with van der Waals surface area (Å²) in [4.78, 5) is 25.0. The first-order chi connectivity index (χ1) is 15.5. The Hall–Kier alpha value is -2.68. The molecule has 176 valence electrons. The topological polar surface area (TPSA) is 103 Å². The summed E-state index contributed by atoms with van der Waals surface area (Å²) in [5.74, 6) is -0.817. The summed E-state index contributed by atoms with van der Waals surface area (Å²) in [5.41, 5.74) is 1.83. The van der Waals surface area contributed by atoms with Crippen molar-refractivity contribution in [3.63, 3.8) is 0 Å². The van der Waals surface area contributed by atoms with E-state index < -0.39 is 27.7 Å². The molecule has 0 aliphatic carbocycles. The van der Waals surface area contributed by atoms with Crippen LogP contribution in [0.25, 0.3) is 11.0 Å². The molecule has 3 rings (SSSR count). The molecule has 0 saturated heterocycles. The second-order valence-corrected chi connectivity index (χ2v) is 10.1. The maximum absolute atomic E-state index is 13.0. The first-order valence-electron chi connectivity index (χ1n) is 10.6. The third kappa shape index (κ3) is 5.63. The van der Waals surface area contributed by atoms with E-state index in [1.54, 1.807) is 32.0 Å². The van der Waals surface area contributed by atoms with Crippen molar-refractivity contribution in [2.24, 2.45) is 0 Å². The zero-order valence-electron chi connectivity index (χ0n) is 18.9. The van der Waals surface area contributed by atoms with E-state index in [2.05, 4.69) is 4.72 Å². The average Bonchev–Trinajstić information content (AvgIpc) is 2.76. The molecule has 2 aromatic carbocycles. The SMILES string of the molecule is CCCC[C@H](NS(=O)(=O)c1ccc(C)cc1)C(=O)Oc1cc2oc(=O)c(C)c(C)c2cc1Cl. The Kier molecular flexibility index (Phi) is 7.62. The van der Waals surface area contributed by atoms with Crippen LogP contribution in [0.1, 0.15) is 42.9 Å². The van der Waals surface area contributed by atoms with Gasteiger partial charge in [0, 0.05) is 17.0 Å². The molecule has 0 aliphatic heterocycles. The third-order valence-corrected chi connectivity index (χ3v) is 7.26. The molecule has 33 heavy (non-hydrogen) atoms. The van der Waals surface area contributed by atoms with Crippen molar-refractivity contribution in [3.8, 4) is 5.75 Å². The molecule has 0 unspecified atom stereocenters. The summed E-state index contributed by atoms with van der Waals surface area (Å²) in [6, 6.07) is 8.13. The van der Waals surface area contributed by atoms with Crippen molar-refractivity contribution in [2.45, 2.75) is 57.9 Å². The van der Waals surface area contributed by atoms with Crippen molar-refractivity contribution < 1.29 is 22.4 Å². The number of esters is 1. The fraction of sp³-hybridized carbons (Fsp3) is 0.333. The van der Waals surface area contributed by atoms with Gasteiger partial charge in [0.25, 0.3) is 0 Å². The highest BCUT2D eigenvalue weighted by molar-refractivity contribution is 7.89. The molecule has 7 nitrogen and oxygen atoms in total. The molecule has 1 N–H and O–H groups in total. The smallest absolute Gasteiger partial charge is 0.339 e. The molecule has 0 spiro atoms. The van der Waals surface area contributed by atoms with E-state index in [9.17, 15) is 18.0 Å². The maximum Gasteiger partial charge on any atom is 0.339 e. The molecule has 0 fully saturated rings. The van der Waals surface area contributed by atoms with Crippen LogP contribution in [0.4, 0.5) is 0 Å². The highest BCUT2D eigenvalue weighted by atomic mass is 35.5.